The zero-order valence-electron chi connectivity index (χ0n) is 21.7. The Kier molecular flexibility index (Phi) is 8.74. The van der Waals surface area contributed by atoms with Crippen molar-refractivity contribution in [1.29, 1.82) is 0 Å². The monoisotopic (exact) mass is 582 g/mol. The summed E-state index contributed by atoms with van der Waals surface area (Å²) in [6, 6.07) is 14.1. The van der Waals surface area contributed by atoms with Gasteiger partial charge in [0.2, 0.25) is 18.0 Å². The number of fused-ring (bicyclic) bond motifs is 1. The first-order valence-corrected chi connectivity index (χ1v) is 13.0. The van der Waals surface area contributed by atoms with Gasteiger partial charge in [0.25, 0.3) is 5.91 Å². The van der Waals surface area contributed by atoms with E-state index in [2.05, 4.69) is 15.6 Å². The van der Waals surface area contributed by atoms with Gasteiger partial charge in [0, 0.05) is 35.8 Å². The number of benzodiazepines with no additional fused rings is 1. The van der Waals surface area contributed by atoms with Crippen molar-refractivity contribution in [2.45, 2.75) is 63.0 Å². The first-order valence-electron chi connectivity index (χ1n) is 13.0. The molecule has 4 rings (SSSR count). The molecule has 2 unspecified atom stereocenters. The normalized spacial score (nSPS) is 18.8. The molecule has 2 aliphatic rings. The summed E-state index contributed by atoms with van der Waals surface area (Å²) in [6.45, 7) is 0. The lowest BCUT2D eigenvalue weighted by molar-refractivity contribution is -0.152. The molecule has 2 aromatic carbocycles. The van der Waals surface area contributed by atoms with Crippen LogP contribution in [0.25, 0.3) is 0 Å². The van der Waals surface area contributed by atoms with Crippen LogP contribution in [-0.2, 0) is 14.4 Å². The largest absolute Gasteiger partial charge is 0.389 e. The molecule has 3 atom stereocenters. The molecule has 0 aromatic heterocycles. The maximum Gasteiger partial charge on any atom is 0.389 e. The Morgan fingerprint density at radius 2 is 1.54 bits per heavy atom. The van der Waals surface area contributed by atoms with Gasteiger partial charge < -0.3 is 16.4 Å². The summed E-state index contributed by atoms with van der Waals surface area (Å²) in [5, 5.41) is 5.05. The molecule has 0 radical (unpaired) electrons. The minimum absolute atomic E-state index is 0.213. The van der Waals surface area contributed by atoms with Gasteiger partial charge in [-0.2, -0.15) is 26.3 Å². The SMILES string of the molecule is NC(=O)C(CCC(F)(F)F)C(CCC(F)(F)F)C(=O)N[C@H]1N=C(c2ccccc2)c2cccc(C3CC3)c2NC1=O. The summed E-state index contributed by atoms with van der Waals surface area (Å²) in [4.78, 5) is 43.2. The molecule has 2 aromatic rings. The molecule has 1 aliphatic carbocycles. The van der Waals surface area contributed by atoms with Crippen molar-refractivity contribution in [1.82, 2.24) is 5.32 Å². The molecule has 4 N–H and O–H groups in total. The van der Waals surface area contributed by atoms with Gasteiger partial charge >= 0.3 is 12.4 Å². The Balaban J connectivity index is 1.69. The number of aliphatic imine (C=N–C) groups is 1. The molecular formula is C28H28F6N4O3. The zero-order valence-corrected chi connectivity index (χ0v) is 21.7. The number of anilines is 1. The Morgan fingerprint density at radius 1 is 0.927 bits per heavy atom. The first kappa shape index (κ1) is 30.1. The predicted octanol–water partition coefficient (Wildman–Crippen LogP) is 5.20. The van der Waals surface area contributed by atoms with E-state index in [0.717, 1.165) is 18.4 Å². The molecule has 1 aliphatic heterocycles. The summed E-state index contributed by atoms with van der Waals surface area (Å²) in [5.74, 6) is -6.90. The highest BCUT2D eigenvalue weighted by Gasteiger charge is 2.41. The third-order valence-corrected chi connectivity index (χ3v) is 7.12. The summed E-state index contributed by atoms with van der Waals surface area (Å²) >= 11 is 0. The van der Waals surface area contributed by atoms with Crippen molar-refractivity contribution >= 4 is 29.1 Å². The Bertz CT molecular complexity index is 1320. The summed E-state index contributed by atoms with van der Waals surface area (Å²) in [5.41, 5.74) is 8.11. The number of hydrogen-bond donors (Lipinski definition) is 3. The van der Waals surface area contributed by atoms with Crippen LogP contribution >= 0.6 is 0 Å². The number of benzene rings is 2. The standard InChI is InChI=1S/C28H28F6N4O3/c29-27(30,31)13-11-18(23(35)39)19(12-14-28(32,33)34)25(40)38-24-26(41)37-22-17(15-9-10-15)7-4-8-20(22)21(36-24)16-5-2-1-3-6-16/h1-8,15,18-19,24H,9-14H2,(H2,35,39)(H,37,41)(H,38,40)/t18?,19?,24-/m1/s1. The number of hydrogen-bond acceptors (Lipinski definition) is 4. The topological polar surface area (TPSA) is 114 Å². The Morgan fingerprint density at radius 3 is 2.10 bits per heavy atom. The number of rotatable bonds is 10. The second-order valence-corrected chi connectivity index (χ2v) is 10.2. The second-order valence-electron chi connectivity index (χ2n) is 10.2. The van der Waals surface area contributed by atoms with Crippen LogP contribution in [0, 0.1) is 11.8 Å². The molecule has 0 spiro atoms. The number of para-hydroxylation sites is 1. The van der Waals surface area contributed by atoms with Crippen LogP contribution in [0.15, 0.2) is 53.5 Å². The van der Waals surface area contributed by atoms with Gasteiger partial charge in [-0.15, -0.1) is 0 Å². The number of carbonyl (C=O) groups is 3. The van der Waals surface area contributed by atoms with Gasteiger partial charge in [0.1, 0.15) is 0 Å². The maximum absolute atomic E-state index is 13.3. The van der Waals surface area contributed by atoms with E-state index in [1.165, 1.54) is 0 Å². The quantitative estimate of drug-likeness (QED) is 0.335. The van der Waals surface area contributed by atoms with Gasteiger partial charge in [-0.1, -0.05) is 48.5 Å². The van der Waals surface area contributed by atoms with Crippen molar-refractivity contribution in [3.05, 3.63) is 65.2 Å². The molecule has 1 heterocycles. The van der Waals surface area contributed by atoms with Crippen LogP contribution in [0.2, 0.25) is 0 Å². The number of nitrogens with one attached hydrogen (secondary N) is 2. The molecular weight excluding hydrogens is 554 g/mol. The third-order valence-electron chi connectivity index (χ3n) is 7.12. The molecule has 41 heavy (non-hydrogen) atoms. The lowest BCUT2D eigenvalue weighted by atomic mass is 9.83. The summed E-state index contributed by atoms with van der Waals surface area (Å²) < 4.78 is 78.0. The molecule has 3 amide bonds. The summed E-state index contributed by atoms with van der Waals surface area (Å²) in [6.07, 6.45) is -14.4. The fourth-order valence-electron chi connectivity index (χ4n) is 4.95. The molecule has 1 saturated carbocycles. The number of primary amides is 1. The van der Waals surface area contributed by atoms with Crippen LogP contribution in [0.3, 0.4) is 0 Å². The average molecular weight is 583 g/mol. The van der Waals surface area contributed by atoms with Crippen molar-refractivity contribution in [2.75, 3.05) is 5.32 Å². The molecule has 0 saturated heterocycles. The third kappa shape index (κ3) is 7.86. The van der Waals surface area contributed by atoms with Crippen molar-refractivity contribution in [2.24, 2.45) is 22.6 Å². The molecule has 220 valence electrons. The second kappa shape index (κ2) is 11.9. The van der Waals surface area contributed by atoms with E-state index < -0.39 is 73.8 Å². The molecule has 13 heteroatoms. The van der Waals surface area contributed by atoms with Crippen LogP contribution in [0.1, 0.15) is 61.1 Å². The van der Waals surface area contributed by atoms with Gasteiger partial charge in [-0.25, -0.2) is 4.99 Å². The first-order chi connectivity index (χ1) is 19.2. The van der Waals surface area contributed by atoms with E-state index in [1.54, 1.807) is 42.5 Å². The average Bonchev–Trinajstić information content (AvgIpc) is 3.73. The van der Waals surface area contributed by atoms with Crippen LogP contribution < -0.4 is 16.4 Å². The lowest BCUT2D eigenvalue weighted by Gasteiger charge is -2.26. The fourth-order valence-corrected chi connectivity index (χ4v) is 4.95. The minimum Gasteiger partial charge on any atom is -0.369 e. The zero-order chi connectivity index (χ0) is 29.9. The Labute approximate surface area is 231 Å². The number of amides is 3. The number of nitrogens with zero attached hydrogens (tertiary/aromatic N) is 1. The minimum atomic E-state index is -4.76. The number of carbonyl (C=O) groups excluding carboxylic acids is 3. The molecule has 0 bridgehead atoms. The highest BCUT2D eigenvalue weighted by atomic mass is 19.4. The highest BCUT2D eigenvalue weighted by Crippen LogP contribution is 2.45. The molecule has 7 nitrogen and oxygen atoms in total. The smallest absolute Gasteiger partial charge is 0.369 e. The van der Waals surface area contributed by atoms with Gasteiger partial charge in [-0.05, 0) is 37.2 Å². The number of alkyl halides is 6. The van der Waals surface area contributed by atoms with E-state index in [9.17, 15) is 40.7 Å². The maximum atomic E-state index is 13.3. The number of halogens is 6. The van der Waals surface area contributed by atoms with E-state index in [0.29, 0.717) is 22.5 Å². The van der Waals surface area contributed by atoms with Gasteiger partial charge in [0.05, 0.1) is 11.4 Å². The van der Waals surface area contributed by atoms with Gasteiger partial charge in [0.15, 0.2) is 0 Å². The van der Waals surface area contributed by atoms with E-state index in [4.69, 9.17) is 5.73 Å². The van der Waals surface area contributed by atoms with E-state index in [1.807, 2.05) is 6.07 Å². The molecule has 1 fully saturated rings. The van der Waals surface area contributed by atoms with Crippen LogP contribution in [0.5, 0.6) is 0 Å². The lowest BCUT2D eigenvalue weighted by Crippen LogP contribution is -2.48. The van der Waals surface area contributed by atoms with E-state index in [-0.39, 0.29) is 5.92 Å². The summed E-state index contributed by atoms with van der Waals surface area (Å²) in [7, 11) is 0. The predicted molar refractivity (Wildman–Crippen MR) is 138 cm³/mol. The van der Waals surface area contributed by atoms with Crippen molar-refractivity contribution < 1.29 is 40.7 Å². The number of nitrogens with two attached hydrogens (primary N) is 1. The highest BCUT2D eigenvalue weighted by molar-refractivity contribution is 6.20. The van der Waals surface area contributed by atoms with Crippen LogP contribution in [0.4, 0.5) is 32.0 Å². The Hall–Kier alpha value is -3.90. The van der Waals surface area contributed by atoms with E-state index >= 15 is 0 Å². The van der Waals surface area contributed by atoms with Gasteiger partial charge in [-0.3, -0.25) is 14.4 Å². The van der Waals surface area contributed by atoms with Crippen molar-refractivity contribution in [3.8, 4) is 0 Å². The van der Waals surface area contributed by atoms with Crippen LogP contribution in [-0.4, -0.2) is 42.0 Å². The van der Waals surface area contributed by atoms with Crippen molar-refractivity contribution in [3.63, 3.8) is 0 Å². The fraction of sp³-hybridized carbons (Fsp3) is 0.429.